The summed E-state index contributed by atoms with van der Waals surface area (Å²) in [5.41, 5.74) is 8.49. The van der Waals surface area contributed by atoms with Crippen molar-refractivity contribution in [3.63, 3.8) is 0 Å². The summed E-state index contributed by atoms with van der Waals surface area (Å²) in [6, 6.07) is 21.6. The number of anilines is 1. The number of fused-ring (bicyclic) bond motifs is 1. The normalized spacial score (nSPS) is 17.0. The number of hydrogen-bond acceptors (Lipinski definition) is 10. The number of benzene rings is 3. The van der Waals surface area contributed by atoms with E-state index in [0.29, 0.717) is 29.9 Å². The molecule has 2 aliphatic heterocycles. The number of H-pyrrole nitrogens is 1. The van der Waals surface area contributed by atoms with Crippen molar-refractivity contribution in [2.75, 3.05) is 37.6 Å². The van der Waals surface area contributed by atoms with Gasteiger partial charge in [-0.05, 0) is 79.3 Å². The first kappa shape index (κ1) is 39.5. The van der Waals surface area contributed by atoms with Crippen LogP contribution in [0.1, 0.15) is 91.3 Å². The number of aromatic amines is 1. The van der Waals surface area contributed by atoms with Gasteiger partial charge in [-0.15, -0.1) is 0 Å². The molecule has 0 spiro atoms. The fraction of sp³-hybridized carbons (Fsp3) is 0.356. The van der Waals surface area contributed by atoms with Crippen LogP contribution in [0.4, 0.5) is 10.1 Å². The van der Waals surface area contributed by atoms with Crippen LogP contribution in [0.5, 0.6) is 0 Å². The van der Waals surface area contributed by atoms with Gasteiger partial charge in [0.1, 0.15) is 11.5 Å². The van der Waals surface area contributed by atoms with E-state index in [1.165, 1.54) is 6.07 Å². The number of imide groups is 1. The maximum absolute atomic E-state index is 15.0. The van der Waals surface area contributed by atoms with Crippen LogP contribution in [0.2, 0.25) is 0 Å². The molecular formula is C45H48FN9O4. The smallest absolute Gasteiger partial charge is 0.293 e. The van der Waals surface area contributed by atoms with Gasteiger partial charge in [0.15, 0.2) is 5.65 Å². The zero-order chi connectivity index (χ0) is 41.4. The molecule has 0 bridgehead atoms. The minimum atomic E-state index is -0.624. The van der Waals surface area contributed by atoms with Gasteiger partial charge in [-0.25, -0.2) is 9.37 Å². The minimum Gasteiger partial charge on any atom is -0.369 e. The van der Waals surface area contributed by atoms with E-state index in [4.69, 9.17) is 9.51 Å². The van der Waals surface area contributed by atoms with E-state index >= 15 is 4.39 Å². The molecule has 304 valence electrons. The summed E-state index contributed by atoms with van der Waals surface area (Å²) in [7, 11) is 0. The number of amides is 3. The maximum atomic E-state index is 15.0. The number of carbonyl (C=O) groups excluding carboxylic acids is 3. The molecule has 3 aromatic heterocycles. The van der Waals surface area contributed by atoms with Crippen LogP contribution < -0.4 is 15.5 Å². The summed E-state index contributed by atoms with van der Waals surface area (Å²) in [4.78, 5) is 50.4. The van der Waals surface area contributed by atoms with Crippen molar-refractivity contribution in [2.45, 2.75) is 71.3 Å². The molecule has 5 heterocycles. The fourth-order valence-electron chi connectivity index (χ4n) is 7.93. The predicted octanol–water partition coefficient (Wildman–Crippen LogP) is 6.80. The molecule has 3 N–H and O–H groups in total. The van der Waals surface area contributed by atoms with Crippen molar-refractivity contribution >= 4 is 34.4 Å². The van der Waals surface area contributed by atoms with Crippen LogP contribution in [0.3, 0.4) is 0 Å². The van der Waals surface area contributed by atoms with Crippen LogP contribution in [0.25, 0.3) is 33.4 Å². The lowest BCUT2D eigenvalue weighted by Crippen LogP contribution is -2.47. The van der Waals surface area contributed by atoms with Crippen LogP contribution >= 0.6 is 0 Å². The van der Waals surface area contributed by atoms with Gasteiger partial charge in [-0.3, -0.25) is 29.7 Å². The standard InChI is InChI=1S/C45H48FN9O4/c1-26-22-30(9-13-33(26)27(2)48-43(58)41-50-44(59-53-41)45(3,4)5)39-36-24-31(25-47-40(36)52-51-39)29-7-10-32(11-8-29)55-20-18-54(19-21-55)17-16-28-6-12-34(37(46)23-28)35-14-15-38(56)49-42(35)57/h6-13,22-25,27,35H,14-21H2,1-5H3,(H,48,58)(H,47,51,52)(H,49,56,57)/t27?,35-/m0/s1. The van der Waals surface area contributed by atoms with E-state index in [1.54, 1.807) is 6.07 Å². The molecule has 59 heavy (non-hydrogen) atoms. The molecule has 2 fully saturated rings. The van der Waals surface area contributed by atoms with Crippen LogP contribution in [-0.4, -0.2) is 80.7 Å². The lowest BCUT2D eigenvalue weighted by Gasteiger charge is -2.36. The SMILES string of the molecule is Cc1cc(-c2n[nH]c3ncc(-c4ccc(N5CCN(CCc6ccc([C@@H]7CCC(=O)NC7=O)c(F)c6)CC5)cc4)cc23)ccc1C(C)NC(=O)c1noc(C(C)(C)C)n1. The predicted molar refractivity (Wildman–Crippen MR) is 222 cm³/mol. The summed E-state index contributed by atoms with van der Waals surface area (Å²) >= 11 is 0. The van der Waals surface area contributed by atoms with Crippen molar-refractivity contribution in [2.24, 2.45) is 0 Å². The van der Waals surface area contributed by atoms with Crippen molar-refractivity contribution < 1.29 is 23.3 Å². The Kier molecular flexibility index (Phi) is 10.8. The third kappa shape index (κ3) is 8.49. The summed E-state index contributed by atoms with van der Waals surface area (Å²) in [6.07, 6.45) is 3.13. The lowest BCUT2D eigenvalue weighted by atomic mass is 9.89. The van der Waals surface area contributed by atoms with Gasteiger partial charge in [0, 0.05) is 78.5 Å². The molecule has 2 atom stereocenters. The second-order valence-corrected chi connectivity index (χ2v) is 16.6. The first-order chi connectivity index (χ1) is 28.3. The number of aryl methyl sites for hydroxylation is 1. The first-order valence-electron chi connectivity index (χ1n) is 20.1. The van der Waals surface area contributed by atoms with E-state index in [-0.39, 0.29) is 35.4 Å². The number of nitrogens with one attached hydrogen (secondary N) is 3. The van der Waals surface area contributed by atoms with Gasteiger partial charge in [0.2, 0.25) is 17.7 Å². The molecule has 3 aromatic carbocycles. The van der Waals surface area contributed by atoms with Crippen molar-refractivity contribution in [1.82, 2.24) is 40.9 Å². The minimum absolute atomic E-state index is 0.0120. The Balaban J connectivity index is 0.870. The largest absolute Gasteiger partial charge is 0.369 e. The zero-order valence-electron chi connectivity index (χ0n) is 33.9. The molecule has 0 radical (unpaired) electrons. The summed E-state index contributed by atoms with van der Waals surface area (Å²) in [6.45, 7) is 14.2. The number of nitrogens with zero attached hydrogens (tertiary/aromatic N) is 6. The van der Waals surface area contributed by atoms with E-state index in [0.717, 1.165) is 82.9 Å². The Morgan fingerprint density at radius 1 is 0.983 bits per heavy atom. The van der Waals surface area contributed by atoms with Crippen molar-refractivity contribution in [3.05, 3.63) is 113 Å². The molecule has 0 saturated carbocycles. The number of aromatic nitrogens is 5. The van der Waals surface area contributed by atoms with Crippen LogP contribution in [0.15, 0.2) is 77.4 Å². The highest BCUT2D eigenvalue weighted by Crippen LogP contribution is 2.33. The average molecular weight is 798 g/mol. The Labute approximate surface area is 341 Å². The maximum Gasteiger partial charge on any atom is 0.293 e. The second-order valence-electron chi connectivity index (χ2n) is 16.6. The highest BCUT2D eigenvalue weighted by atomic mass is 19.1. The monoisotopic (exact) mass is 797 g/mol. The van der Waals surface area contributed by atoms with Gasteiger partial charge >= 0.3 is 0 Å². The van der Waals surface area contributed by atoms with E-state index in [2.05, 4.69) is 77.2 Å². The summed E-state index contributed by atoms with van der Waals surface area (Å²) < 4.78 is 20.3. The van der Waals surface area contributed by atoms with Gasteiger partial charge in [0.05, 0.1) is 12.0 Å². The van der Waals surface area contributed by atoms with Crippen LogP contribution in [-0.2, 0) is 21.4 Å². The third-order valence-corrected chi connectivity index (χ3v) is 11.4. The van der Waals surface area contributed by atoms with E-state index in [9.17, 15) is 14.4 Å². The Bertz CT molecular complexity index is 2530. The number of halogens is 1. The number of piperazine rings is 1. The van der Waals surface area contributed by atoms with Gasteiger partial charge in [-0.1, -0.05) is 62.3 Å². The number of hydrogen-bond donors (Lipinski definition) is 3. The summed E-state index contributed by atoms with van der Waals surface area (Å²) in [5.74, 6) is -1.72. The molecule has 2 saturated heterocycles. The molecule has 13 nitrogen and oxygen atoms in total. The molecule has 2 aliphatic rings. The van der Waals surface area contributed by atoms with Gasteiger partial charge < -0.3 is 14.7 Å². The lowest BCUT2D eigenvalue weighted by molar-refractivity contribution is -0.134. The van der Waals surface area contributed by atoms with Gasteiger partial charge in [-0.2, -0.15) is 10.1 Å². The fourth-order valence-corrected chi connectivity index (χ4v) is 7.93. The molecular weight excluding hydrogens is 750 g/mol. The average Bonchev–Trinajstić information content (AvgIpc) is 3.90. The van der Waals surface area contributed by atoms with Crippen molar-refractivity contribution in [3.8, 4) is 22.4 Å². The highest BCUT2D eigenvalue weighted by Gasteiger charge is 2.30. The molecule has 0 aliphatic carbocycles. The highest BCUT2D eigenvalue weighted by molar-refractivity contribution is 6.01. The molecule has 14 heteroatoms. The molecule has 3 amide bonds. The Hall–Kier alpha value is -6.28. The first-order valence-corrected chi connectivity index (χ1v) is 20.1. The topological polar surface area (TPSA) is 162 Å². The quantitative estimate of drug-likeness (QED) is 0.126. The second kappa shape index (κ2) is 16.2. The van der Waals surface area contributed by atoms with Crippen molar-refractivity contribution in [1.29, 1.82) is 0 Å². The molecule has 6 aromatic rings. The van der Waals surface area contributed by atoms with E-state index < -0.39 is 17.7 Å². The van der Waals surface area contributed by atoms with Gasteiger partial charge in [0.25, 0.3) is 11.7 Å². The zero-order valence-corrected chi connectivity index (χ0v) is 33.9. The third-order valence-electron chi connectivity index (χ3n) is 11.4. The number of piperidine rings is 1. The molecule has 8 rings (SSSR count). The Morgan fingerprint density at radius 3 is 2.44 bits per heavy atom. The molecule has 1 unspecified atom stereocenters. The number of carbonyl (C=O) groups is 3. The Morgan fingerprint density at radius 2 is 1.75 bits per heavy atom. The van der Waals surface area contributed by atoms with E-state index in [1.807, 2.05) is 59.0 Å². The number of rotatable bonds is 10. The summed E-state index contributed by atoms with van der Waals surface area (Å²) in [5, 5.41) is 17.8. The number of pyridine rings is 1. The van der Waals surface area contributed by atoms with Crippen LogP contribution in [0, 0.1) is 12.7 Å².